The van der Waals surface area contributed by atoms with Crippen molar-refractivity contribution in [2.24, 2.45) is 0 Å². The van der Waals surface area contributed by atoms with Crippen molar-refractivity contribution < 1.29 is 0 Å². The maximum Gasteiger partial charge on any atom is 0.154 e. The number of rotatable bonds is 8. The predicted molar refractivity (Wildman–Crippen MR) is 93.7 cm³/mol. The lowest BCUT2D eigenvalue weighted by Gasteiger charge is -2.20. The molecule has 2 aromatic rings. The molecule has 0 radical (unpaired) electrons. The van der Waals surface area contributed by atoms with E-state index in [0.717, 1.165) is 29.3 Å². The van der Waals surface area contributed by atoms with Crippen LogP contribution >= 0.6 is 0 Å². The van der Waals surface area contributed by atoms with Crippen LogP contribution in [0.25, 0.3) is 0 Å². The van der Waals surface area contributed by atoms with Crippen molar-refractivity contribution in [2.75, 3.05) is 11.9 Å². The molecule has 1 heterocycles. The van der Waals surface area contributed by atoms with Crippen LogP contribution in [-0.2, 0) is 6.42 Å². The average molecular weight is 297 g/mol. The molecule has 1 aromatic carbocycles. The Labute approximate surface area is 134 Å². The molecule has 3 nitrogen and oxygen atoms in total. The first-order valence-electron chi connectivity index (χ1n) is 8.33. The predicted octanol–water partition coefficient (Wildman–Crippen LogP) is 5.07. The summed E-state index contributed by atoms with van der Waals surface area (Å²) in [6, 6.07) is 10.3. The van der Waals surface area contributed by atoms with Gasteiger partial charge in [0.05, 0.1) is 11.4 Å². The lowest BCUT2D eigenvalue weighted by molar-refractivity contribution is 0.627. The van der Waals surface area contributed by atoms with Crippen LogP contribution in [0.2, 0.25) is 0 Å². The minimum Gasteiger partial charge on any atom is -0.328 e. The molecular weight excluding hydrogens is 270 g/mol. The Morgan fingerprint density at radius 2 is 1.73 bits per heavy atom. The third-order valence-corrected chi connectivity index (χ3v) is 3.98. The molecule has 0 saturated carbocycles. The molecular formula is C19H27N3. The van der Waals surface area contributed by atoms with E-state index in [1.807, 2.05) is 31.3 Å². The first-order chi connectivity index (χ1) is 10.7. The van der Waals surface area contributed by atoms with E-state index < -0.39 is 0 Å². The second-order valence-corrected chi connectivity index (χ2v) is 5.83. The van der Waals surface area contributed by atoms with Crippen molar-refractivity contribution in [3.63, 3.8) is 0 Å². The second kappa shape index (κ2) is 8.52. The maximum atomic E-state index is 4.83. The van der Waals surface area contributed by atoms with Gasteiger partial charge in [0.15, 0.2) is 5.82 Å². The molecule has 0 fully saturated rings. The molecule has 0 aliphatic carbocycles. The van der Waals surface area contributed by atoms with Crippen molar-refractivity contribution in [3.05, 3.63) is 47.9 Å². The molecule has 2 rings (SSSR count). The highest BCUT2D eigenvalue weighted by Crippen LogP contribution is 2.23. The SMILES string of the molecule is CCCCCCCc1cnc(C)c(N(C)c2ccccc2)n1. The van der Waals surface area contributed by atoms with Gasteiger partial charge in [-0.25, -0.2) is 4.98 Å². The van der Waals surface area contributed by atoms with E-state index in [9.17, 15) is 0 Å². The van der Waals surface area contributed by atoms with Crippen molar-refractivity contribution in [3.8, 4) is 0 Å². The normalized spacial score (nSPS) is 10.7. The number of hydrogen-bond acceptors (Lipinski definition) is 3. The van der Waals surface area contributed by atoms with Gasteiger partial charge in [-0.2, -0.15) is 0 Å². The quantitative estimate of drug-likeness (QED) is 0.637. The number of para-hydroxylation sites is 1. The Morgan fingerprint density at radius 3 is 2.45 bits per heavy atom. The Balaban J connectivity index is 2.03. The van der Waals surface area contributed by atoms with Gasteiger partial charge < -0.3 is 4.90 Å². The van der Waals surface area contributed by atoms with Gasteiger partial charge in [-0.15, -0.1) is 0 Å². The first-order valence-corrected chi connectivity index (χ1v) is 8.33. The van der Waals surface area contributed by atoms with Gasteiger partial charge in [0.2, 0.25) is 0 Å². The summed E-state index contributed by atoms with van der Waals surface area (Å²) in [5.74, 6) is 0.956. The van der Waals surface area contributed by atoms with Gasteiger partial charge in [-0.05, 0) is 31.9 Å². The fourth-order valence-electron chi connectivity index (χ4n) is 2.60. The highest BCUT2D eigenvalue weighted by molar-refractivity contribution is 5.60. The van der Waals surface area contributed by atoms with Crippen molar-refractivity contribution in [1.29, 1.82) is 0 Å². The van der Waals surface area contributed by atoms with Crippen LogP contribution in [0, 0.1) is 6.92 Å². The van der Waals surface area contributed by atoms with Gasteiger partial charge in [0, 0.05) is 18.9 Å². The molecule has 0 aliphatic heterocycles. The van der Waals surface area contributed by atoms with Crippen LogP contribution in [0.4, 0.5) is 11.5 Å². The zero-order valence-corrected chi connectivity index (χ0v) is 14.0. The number of aryl methyl sites for hydroxylation is 2. The van der Waals surface area contributed by atoms with Crippen molar-refractivity contribution in [1.82, 2.24) is 9.97 Å². The fraction of sp³-hybridized carbons (Fsp3) is 0.474. The summed E-state index contributed by atoms with van der Waals surface area (Å²) in [7, 11) is 2.05. The highest BCUT2D eigenvalue weighted by Gasteiger charge is 2.10. The van der Waals surface area contributed by atoms with Crippen LogP contribution in [-0.4, -0.2) is 17.0 Å². The summed E-state index contributed by atoms with van der Waals surface area (Å²) >= 11 is 0. The van der Waals surface area contributed by atoms with Crippen molar-refractivity contribution in [2.45, 2.75) is 52.4 Å². The number of unbranched alkanes of at least 4 members (excludes halogenated alkanes) is 4. The maximum absolute atomic E-state index is 4.83. The topological polar surface area (TPSA) is 29.0 Å². The summed E-state index contributed by atoms with van der Waals surface area (Å²) in [6.07, 6.45) is 9.38. The zero-order valence-electron chi connectivity index (χ0n) is 14.0. The molecule has 0 bridgehead atoms. The first kappa shape index (κ1) is 16.5. The summed E-state index contributed by atoms with van der Waals surface area (Å²) in [5.41, 5.74) is 3.21. The van der Waals surface area contributed by atoms with Gasteiger partial charge in [0.25, 0.3) is 0 Å². The summed E-state index contributed by atoms with van der Waals surface area (Å²) in [6.45, 7) is 4.27. The monoisotopic (exact) mass is 297 g/mol. The summed E-state index contributed by atoms with van der Waals surface area (Å²) in [5, 5.41) is 0. The largest absolute Gasteiger partial charge is 0.328 e. The van der Waals surface area contributed by atoms with E-state index in [1.165, 1.54) is 32.1 Å². The Kier molecular flexibility index (Phi) is 6.38. The Bertz CT molecular complexity index is 566. The number of nitrogens with zero attached hydrogens (tertiary/aromatic N) is 3. The zero-order chi connectivity index (χ0) is 15.8. The van der Waals surface area contributed by atoms with Crippen LogP contribution in [0.5, 0.6) is 0 Å². The van der Waals surface area contributed by atoms with Crippen LogP contribution in [0.15, 0.2) is 36.5 Å². The summed E-state index contributed by atoms with van der Waals surface area (Å²) in [4.78, 5) is 11.5. The van der Waals surface area contributed by atoms with Gasteiger partial charge >= 0.3 is 0 Å². The second-order valence-electron chi connectivity index (χ2n) is 5.83. The van der Waals surface area contributed by atoms with Gasteiger partial charge in [-0.1, -0.05) is 50.8 Å². The molecule has 3 heteroatoms. The van der Waals surface area contributed by atoms with E-state index in [-0.39, 0.29) is 0 Å². The standard InChI is InChI=1S/C19H27N3/c1-4-5-6-7-9-12-17-15-20-16(2)19(21-17)22(3)18-13-10-8-11-14-18/h8,10-11,13-15H,4-7,9,12H2,1-3H3. The summed E-state index contributed by atoms with van der Waals surface area (Å²) < 4.78 is 0. The lowest BCUT2D eigenvalue weighted by atomic mass is 10.1. The van der Waals surface area contributed by atoms with Gasteiger partial charge in [-0.3, -0.25) is 4.98 Å². The minimum atomic E-state index is 0.956. The van der Waals surface area contributed by atoms with E-state index in [2.05, 4.69) is 36.0 Å². The molecule has 0 spiro atoms. The van der Waals surface area contributed by atoms with E-state index >= 15 is 0 Å². The number of hydrogen-bond donors (Lipinski definition) is 0. The van der Waals surface area contributed by atoms with Crippen LogP contribution < -0.4 is 4.90 Å². The third-order valence-electron chi connectivity index (χ3n) is 3.98. The number of benzene rings is 1. The molecule has 0 amide bonds. The van der Waals surface area contributed by atoms with E-state index in [4.69, 9.17) is 4.98 Å². The highest BCUT2D eigenvalue weighted by atomic mass is 15.2. The number of anilines is 2. The third kappa shape index (κ3) is 4.55. The Morgan fingerprint density at radius 1 is 1.00 bits per heavy atom. The molecule has 118 valence electrons. The average Bonchev–Trinajstić information content (AvgIpc) is 2.56. The van der Waals surface area contributed by atoms with E-state index in [1.54, 1.807) is 0 Å². The molecule has 0 aliphatic rings. The van der Waals surface area contributed by atoms with Crippen molar-refractivity contribution >= 4 is 11.5 Å². The van der Waals surface area contributed by atoms with Crippen LogP contribution in [0.1, 0.15) is 50.4 Å². The molecule has 0 N–H and O–H groups in total. The smallest absolute Gasteiger partial charge is 0.154 e. The number of aromatic nitrogens is 2. The molecule has 0 unspecified atom stereocenters. The lowest BCUT2D eigenvalue weighted by Crippen LogP contribution is -2.14. The van der Waals surface area contributed by atoms with Gasteiger partial charge in [0.1, 0.15) is 0 Å². The molecule has 0 saturated heterocycles. The van der Waals surface area contributed by atoms with Crippen LogP contribution in [0.3, 0.4) is 0 Å². The molecule has 0 atom stereocenters. The Hall–Kier alpha value is -1.90. The molecule has 22 heavy (non-hydrogen) atoms. The minimum absolute atomic E-state index is 0.956. The molecule has 1 aromatic heterocycles. The van der Waals surface area contributed by atoms with E-state index in [0.29, 0.717) is 0 Å². The fourth-order valence-corrected chi connectivity index (χ4v) is 2.60.